The molecule has 0 unspecified atom stereocenters. The molecule has 0 aliphatic rings. The molecule has 19 heavy (non-hydrogen) atoms. The Kier molecular flexibility index (Phi) is 7.06. The van der Waals surface area contributed by atoms with Gasteiger partial charge in [-0.25, -0.2) is 4.79 Å². The van der Waals surface area contributed by atoms with E-state index in [0.717, 1.165) is 9.37 Å². The lowest BCUT2D eigenvalue weighted by molar-refractivity contribution is -0.138. The zero-order chi connectivity index (χ0) is 14.3. The molecule has 100 valence electrons. The summed E-state index contributed by atoms with van der Waals surface area (Å²) in [4.78, 5) is 12.6. The Morgan fingerprint density at radius 1 is 1.42 bits per heavy atom. The summed E-state index contributed by atoms with van der Waals surface area (Å²) in [5.41, 5.74) is 0.0577. The average molecular weight is 358 g/mol. The third-order valence-corrected chi connectivity index (χ3v) is 4.76. The van der Waals surface area contributed by atoms with E-state index in [1.54, 1.807) is 6.92 Å². The molecule has 6 heteroatoms. The van der Waals surface area contributed by atoms with E-state index in [1.165, 1.54) is 23.5 Å². The second kappa shape index (κ2) is 8.31. The van der Waals surface area contributed by atoms with E-state index < -0.39 is 5.97 Å². The molecule has 1 rings (SSSR count). The van der Waals surface area contributed by atoms with Gasteiger partial charge in [-0.1, -0.05) is 27.7 Å². The molecule has 0 heterocycles. The van der Waals surface area contributed by atoms with E-state index in [-0.39, 0.29) is 12.2 Å². The highest BCUT2D eigenvalue weighted by Crippen LogP contribution is 2.36. The molecule has 0 amide bonds. The lowest BCUT2D eigenvalue weighted by Crippen LogP contribution is -2.07. The van der Waals surface area contributed by atoms with Crippen LogP contribution in [0.4, 0.5) is 0 Å². The number of carbonyl (C=O) groups excluding carboxylic acids is 1. The summed E-state index contributed by atoms with van der Waals surface area (Å²) >= 11 is 6.11. The number of nitriles is 1. The van der Waals surface area contributed by atoms with E-state index in [0.29, 0.717) is 4.24 Å². The fourth-order valence-corrected chi connectivity index (χ4v) is 3.12. The highest BCUT2D eigenvalue weighted by molar-refractivity contribution is 9.10. The predicted molar refractivity (Wildman–Crippen MR) is 82.8 cm³/mol. The fraction of sp³-hybridized carbons (Fsp3) is 0.231. The molecule has 3 nitrogen and oxygen atoms in total. The van der Waals surface area contributed by atoms with Crippen molar-refractivity contribution in [2.75, 3.05) is 12.9 Å². The minimum Gasteiger partial charge on any atom is -0.462 e. The van der Waals surface area contributed by atoms with Crippen molar-refractivity contribution in [3.63, 3.8) is 0 Å². The monoisotopic (exact) mass is 357 g/mol. The maximum Gasteiger partial charge on any atom is 0.350 e. The maximum absolute atomic E-state index is 11.7. The van der Waals surface area contributed by atoms with Crippen LogP contribution in [-0.4, -0.2) is 18.8 Å². The number of esters is 1. The quantitative estimate of drug-likeness (QED) is 0.342. The first-order valence-corrected chi connectivity index (χ1v) is 8.24. The Morgan fingerprint density at radius 3 is 2.53 bits per heavy atom. The summed E-state index contributed by atoms with van der Waals surface area (Å²) in [6.45, 7) is 1.97. The lowest BCUT2D eigenvalue weighted by atomic mass is 10.3. The number of hydrogen-bond acceptors (Lipinski definition) is 5. The molecule has 0 aromatic heterocycles. The first kappa shape index (κ1) is 16.2. The minimum atomic E-state index is -0.570. The second-order valence-corrected chi connectivity index (χ2v) is 6.33. The number of hydrogen-bond donors (Lipinski definition) is 0. The van der Waals surface area contributed by atoms with Gasteiger partial charge >= 0.3 is 5.97 Å². The normalized spacial score (nSPS) is 11.5. The Bertz CT molecular complexity index is 520. The minimum absolute atomic E-state index is 0.0577. The first-order chi connectivity index (χ1) is 9.12. The van der Waals surface area contributed by atoms with Gasteiger partial charge in [-0.3, -0.25) is 0 Å². The number of rotatable bonds is 5. The average Bonchev–Trinajstić information content (AvgIpc) is 2.41. The number of ether oxygens (including phenoxy) is 1. The SMILES string of the molecule is CCOC(=O)/C(C#N)=C(\SC)Sc1ccc(Br)cc1. The summed E-state index contributed by atoms with van der Waals surface area (Å²) < 4.78 is 6.51. The molecule has 0 aliphatic heterocycles. The van der Waals surface area contributed by atoms with Gasteiger partial charge in [-0.05, 0) is 37.4 Å². The zero-order valence-corrected chi connectivity index (χ0v) is 13.7. The third kappa shape index (κ3) is 4.94. The van der Waals surface area contributed by atoms with Crippen molar-refractivity contribution in [3.05, 3.63) is 38.5 Å². The van der Waals surface area contributed by atoms with Crippen molar-refractivity contribution in [3.8, 4) is 6.07 Å². The largest absolute Gasteiger partial charge is 0.462 e. The molecule has 0 spiro atoms. The molecular weight excluding hydrogens is 346 g/mol. The van der Waals surface area contributed by atoms with Crippen LogP contribution in [0.15, 0.2) is 43.4 Å². The molecule has 0 atom stereocenters. The first-order valence-electron chi connectivity index (χ1n) is 5.41. The molecule has 0 saturated carbocycles. The Labute approximate surface area is 129 Å². The van der Waals surface area contributed by atoms with E-state index >= 15 is 0 Å². The molecule has 0 radical (unpaired) electrons. The van der Waals surface area contributed by atoms with Crippen LogP contribution in [0.25, 0.3) is 0 Å². The highest BCUT2D eigenvalue weighted by Gasteiger charge is 2.17. The zero-order valence-electron chi connectivity index (χ0n) is 10.5. The van der Waals surface area contributed by atoms with Gasteiger partial charge in [0, 0.05) is 9.37 Å². The number of halogens is 1. The smallest absolute Gasteiger partial charge is 0.350 e. The molecule has 1 aromatic rings. The van der Waals surface area contributed by atoms with E-state index in [1.807, 2.05) is 36.6 Å². The van der Waals surface area contributed by atoms with Crippen LogP contribution in [0.3, 0.4) is 0 Å². The Hall–Kier alpha value is -0.900. The van der Waals surface area contributed by atoms with Gasteiger partial charge in [0.1, 0.15) is 6.07 Å². The molecule has 0 bridgehead atoms. The van der Waals surface area contributed by atoms with Crippen molar-refractivity contribution in [2.45, 2.75) is 11.8 Å². The maximum atomic E-state index is 11.7. The number of carbonyl (C=O) groups is 1. The van der Waals surface area contributed by atoms with Crippen molar-refractivity contribution >= 4 is 45.4 Å². The molecule has 1 aromatic carbocycles. The van der Waals surface area contributed by atoms with Gasteiger partial charge in [-0.15, -0.1) is 11.8 Å². The van der Waals surface area contributed by atoms with Crippen LogP contribution >= 0.6 is 39.5 Å². The van der Waals surface area contributed by atoms with Crippen molar-refractivity contribution in [1.82, 2.24) is 0 Å². The fourth-order valence-electron chi connectivity index (χ4n) is 1.18. The van der Waals surface area contributed by atoms with Crippen LogP contribution in [-0.2, 0) is 9.53 Å². The van der Waals surface area contributed by atoms with E-state index in [9.17, 15) is 4.79 Å². The number of nitrogens with zero attached hydrogens (tertiary/aromatic N) is 1. The summed E-state index contributed by atoms with van der Waals surface area (Å²) in [7, 11) is 0. The third-order valence-electron chi connectivity index (χ3n) is 2.01. The molecular formula is C13H12BrNO2S2. The van der Waals surface area contributed by atoms with Gasteiger partial charge in [0.25, 0.3) is 0 Å². The second-order valence-electron chi connectivity index (χ2n) is 3.25. The van der Waals surface area contributed by atoms with Gasteiger partial charge in [0.05, 0.1) is 10.8 Å². The van der Waals surface area contributed by atoms with Gasteiger partial charge in [0.2, 0.25) is 0 Å². The van der Waals surface area contributed by atoms with Crippen LogP contribution in [0.1, 0.15) is 6.92 Å². The van der Waals surface area contributed by atoms with E-state index in [4.69, 9.17) is 10.00 Å². The Balaban J connectivity index is 3.00. The van der Waals surface area contributed by atoms with Crippen LogP contribution < -0.4 is 0 Å². The highest BCUT2D eigenvalue weighted by atomic mass is 79.9. The summed E-state index contributed by atoms with van der Waals surface area (Å²) in [5.74, 6) is -0.570. The van der Waals surface area contributed by atoms with Gasteiger partial charge < -0.3 is 4.74 Å². The summed E-state index contributed by atoms with van der Waals surface area (Å²) in [6, 6.07) is 9.59. The molecule has 0 saturated heterocycles. The van der Waals surface area contributed by atoms with Crippen LogP contribution in [0.2, 0.25) is 0 Å². The van der Waals surface area contributed by atoms with Gasteiger partial charge in [0.15, 0.2) is 5.57 Å². The summed E-state index contributed by atoms with van der Waals surface area (Å²) in [5, 5.41) is 9.10. The standard InChI is InChI=1S/C13H12BrNO2S2/c1-3-17-12(16)11(8-15)13(18-2)19-10-6-4-9(14)5-7-10/h4-7H,3H2,1-2H3/b13-11+. The Morgan fingerprint density at radius 2 is 2.05 bits per heavy atom. The summed E-state index contributed by atoms with van der Waals surface area (Å²) in [6.07, 6.45) is 1.83. The predicted octanol–water partition coefficient (Wildman–Crippen LogP) is 4.20. The van der Waals surface area contributed by atoms with Crippen molar-refractivity contribution in [1.29, 1.82) is 5.26 Å². The van der Waals surface area contributed by atoms with E-state index in [2.05, 4.69) is 15.9 Å². The molecule has 0 aliphatic carbocycles. The number of benzene rings is 1. The van der Waals surface area contributed by atoms with Crippen molar-refractivity contribution < 1.29 is 9.53 Å². The molecule has 0 N–H and O–H groups in total. The number of thioether (sulfide) groups is 2. The topological polar surface area (TPSA) is 50.1 Å². The lowest BCUT2D eigenvalue weighted by Gasteiger charge is -2.07. The van der Waals surface area contributed by atoms with Crippen molar-refractivity contribution in [2.24, 2.45) is 0 Å². The molecule has 0 fully saturated rings. The van der Waals surface area contributed by atoms with Crippen LogP contribution in [0, 0.1) is 11.3 Å². The van der Waals surface area contributed by atoms with Gasteiger partial charge in [-0.2, -0.15) is 5.26 Å². The van der Waals surface area contributed by atoms with Crippen LogP contribution in [0.5, 0.6) is 0 Å².